The largest absolute Gasteiger partial charge is 0.480 e. The Morgan fingerprint density at radius 2 is 0.879 bits per heavy atom. The zero-order chi connectivity index (χ0) is 25.2. The Kier molecular flexibility index (Phi) is 41.3. The minimum Gasteiger partial charge on any atom is -0.480 e. The predicted molar refractivity (Wildman–Crippen MR) is 159 cm³/mol. The van der Waals surface area contributed by atoms with E-state index in [-0.39, 0.29) is 23.0 Å². The monoisotopic (exact) mass is 581 g/mol. The Bertz CT molecular complexity index is 387. The molecule has 0 radical (unpaired) electrons. The van der Waals surface area contributed by atoms with E-state index in [1.54, 1.807) is 37.6 Å². The van der Waals surface area contributed by atoms with Crippen molar-refractivity contribution in [1.82, 2.24) is 0 Å². The molecule has 0 saturated carbocycles. The third-order valence-electron chi connectivity index (χ3n) is 5.52. The van der Waals surface area contributed by atoms with Gasteiger partial charge in [0.2, 0.25) is 0 Å². The SMILES string of the molecule is CCO/C(O)=C\C#N.CCP(CC)CCP(CC)CC.CCP(CC)CCP(CC)CC.[Fe]. The third-order valence-corrected chi connectivity index (χ3v) is 16.8. The smallest absolute Gasteiger partial charge is 0.287 e. The second-order valence-electron chi connectivity index (χ2n) is 7.15. The summed E-state index contributed by atoms with van der Waals surface area (Å²) in [6.07, 6.45) is 18.7. The van der Waals surface area contributed by atoms with Crippen LogP contribution in [0.4, 0.5) is 0 Å². The summed E-state index contributed by atoms with van der Waals surface area (Å²) in [4.78, 5) is 0. The van der Waals surface area contributed by atoms with Gasteiger partial charge >= 0.3 is 0 Å². The molecule has 0 aromatic rings. The Morgan fingerprint density at radius 1 is 0.636 bits per heavy atom. The number of aliphatic hydroxyl groups excluding tert-OH is 1. The number of aliphatic hydroxyl groups is 1. The van der Waals surface area contributed by atoms with Gasteiger partial charge in [-0.1, -0.05) is 55.4 Å². The molecule has 8 heteroatoms. The van der Waals surface area contributed by atoms with E-state index in [9.17, 15) is 0 Å². The first-order chi connectivity index (χ1) is 15.4. The van der Waals surface area contributed by atoms with Crippen LogP contribution in [-0.4, -0.2) is 85.7 Å². The van der Waals surface area contributed by atoms with Crippen LogP contribution >= 0.6 is 31.7 Å². The minimum absolute atomic E-state index is 0. The summed E-state index contributed by atoms with van der Waals surface area (Å²) < 4.78 is 4.48. The van der Waals surface area contributed by atoms with Gasteiger partial charge in [0, 0.05) is 17.1 Å². The van der Waals surface area contributed by atoms with E-state index >= 15 is 0 Å². The van der Waals surface area contributed by atoms with Gasteiger partial charge in [-0.05, 0) is 80.9 Å². The molecular formula is C25H55FeNO2P4. The molecule has 0 atom stereocenters. The molecular weight excluding hydrogens is 526 g/mol. The molecule has 0 aliphatic carbocycles. The van der Waals surface area contributed by atoms with Crippen LogP contribution in [0.5, 0.6) is 0 Å². The van der Waals surface area contributed by atoms with E-state index in [2.05, 4.69) is 60.1 Å². The van der Waals surface area contributed by atoms with Crippen molar-refractivity contribution in [2.75, 3.05) is 80.5 Å². The maximum Gasteiger partial charge on any atom is 0.287 e. The Morgan fingerprint density at radius 3 is 1.03 bits per heavy atom. The van der Waals surface area contributed by atoms with E-state index in [0.717, 1.165) is 6.08 Å². The molecule has 200 valence electrons. The molecule has 1 N–H and O–H groups in total. The molecule has 0 heterocycles. The van der Waals surface area contributed by atoms with Crippen LogP contribution in [0.25, 0.3) is 0 Å². The zero-order valence-corrected chi connectivity index (χ0v) is 27.9. The van der Waals surface area contributed by atoms with Gasteiger partial charge in [0.25, 0.3) is 5.95 Å². The van der Waals surface area contributed by atoms with Crippen LogP contribution in [0.2, 0.25) is 0 Å². The number of nitrogens with zero attached hydrogens (tertiary/aromatic N) is 1. The summed E-state index contributed by atoms with van der Waals surface area (Å²) in [5, 5.41) is 16.4. The van der Waals surface area contributed by atoms with Crippen molar-refractivity contribution in [3.8, 4) is 6.07 Å². The van der Waals surface area contributed by atoms with Crippen molar-refractivity contribution < 1.29 is 26.9 Å². The molecule has 0 aromatic carbocycles. The van der Waals surface area contributed by atoms with Gasteiger partial charge in [0.05, 0.1) is 18.8 Å². The van der Waals surface area contributed by atoms with Gasteiger partial charge in [-0.25, -0.2) is 0 Å². The number of hydrogen-bond donors (Lipinski definition) is 1. The fourth-order valence-corrected chi connectivity index (χ4v) is 11.8. The van der Waals surface area contributed by atoms with E-state index < -0.39 is 0 Å². The molecule has 0 aromatic heterocycles. The first-order valence-electron chi connectivity index (χ1n) is 12.7. The molecule has 33 heavy (non-hydrogen) atoms. The average Bonchev–Trinajstić information content (AvgIpc) is 2.81. The number of rotatable bonds is 16. The maximum atomic E-state index is 8.47. The maximum absolute atomic E-state index is 8.47. The Hall–Kier alpha value is 1.07. The van der Waals surface area contributed by atoms with Crippen LogP contribution in [0, 0.1) is 11.3 Å². The van der Waals surface area contributed by atoms with Crippen molar-refractivity contribution in [2.24, 2.45) is 0 Å². The van der Waals surface area contributed by atoms with Gasteiger partial charge in [0.1, 0.15) is 0 Å². The van der Waals surface area contributed by atoms with Crippen LogP contribution in [0.3, 0.4) is 0 Å². The predicted octanol–water partition coefficient (Wildman–Crippen LogP) is 9.00. The molecule has 0 rings (SSSR count). The summed E-state index contributed by atoms with van der Waals surface area (Å²) in [5.74, 6) is -0.324. The van der Waals surface area contributed by atoms with E-state index in [0.29, 0.717) is 38.3 Å². The first-order valence-corrected chi connectivity index (χ1v) is 20.3. The van der Waals surface area contributed by atoms with Crippen LogP contribution in [0.15, 0.2) is 12.0 Å². The van der Waals surface area contributed by atoms with Gasteiger partial charge in [-0.3, -0.25) is 0 Å². The van der Waals surface area contributed by atoms with Gasteiger partial charge < -0.3 is 9.84 Å². The van der Waals surface area contributed by atoms with E-state index in [4.69, 9.17) is 10.4 Å². The second kappa shape index (κ2) is 33.1. The number of hydrogen-bond acceptors (Lipinski definition) is 3. The Labute approximate surface area is 224 Å². The van der Waals surface area contributed by atoms with Crippen LogP contribution in [0.1, 0.15) is 62.3 Å². The standard InChI is InChI=1S/2C10H24P2.C5H7NO2.Fe/c2*1-5-11(6-2)9-10-12(7-3)8-4;1-2-8-5(7)3-4-6;/h2*5-10H2,1-4H3;3,7H,2H2,1H3;/b;;5-3-;. The fourth-order valence-electron chi connectivity index (χ4n) is 2.97. The molecule has 0 fully saturated rings. The van der Waals surface area contributed by atoms with Gasteiger partial charge in [0.15, 0.2) is 0 Å². The molecule has 0 bridgehead atoms. The summed E-state index contributed by atoms with van der Waals surface area (Å²) in [6.45, 7) is 21.0. The molecule has 0 spiro atoms. The summed E-state index contributed by atoms with van der Waals surface area (Å²) in [6, 6.07) is 1.62. The molecule has 0 aliphatic rings. The number of nitriles is 1. The Balaban J connectivity index is -0.000000193. The summed E-state index contributed by atoms with van der Waals surface area (Å²) in [5.41, 5.74) is 0. The first kappa shape index (κ1) is 41.2. The minimum atomic E-state index is -0.324. The topological polar surface area (TPSA) is 53.2 Å². The van der Waals surface area contributed by atoms with Crippen molar-refractivity contribution in [3.05, 3.63) is 12.0 Å². The van der Waals surface area contributed by atoms with Crippen molar-refractivity contribution >= 4 is 31.7 Å². The van der Waals surface area contributed by atoms with Crippen molar-refractivity contribution in [2.45, 2.75) is 62.3 Å². The molecule has 0 saturated heterocycles. The van der Waals surface area contributed by atoms with Crippen LogP contribution in [-0.2, 0) is 21.8 Å². The van der Waals surface area contributed by atoms with Crippen molar-refractivity contribution in [3.63, 3.8) is 0 Å². The summed E-state index contributed by atoms with van der Waals surface area (Å²) in [7, 11) is 1.66. The van der Waals surface area contributed by atoms with E-state index in [1.165, 1.54) is 49.3 Å². The average molecular weight is 581 g/mol. The van der Waals surface area contributed by atoms with Gasteiger partial charge in [-0.2, -0.15) is 5.26 Å². The summed E-state index contributed by atoms with van der Waals surface area (Å²) >= 11 is 0. The zero-order valence-electron chi connectivity index (χ0n) is 23.2. The number of allylic oxidation sites excluding steroid dienone is 1. The number of ether oxygens (including phenoxy) is 1. The van der Waals surface area contributed by atoms with Gasteiger partial charge in [-0.15, -0.1) is 31.7 Å². The quantitative estimate of drug-likeness (QED) is 0.0857. The molecule has 0 unspecified atom stereocenters. The third kappa shape index (κ3) is 29.2. The fraction of sp³-hybridized carbons (Fsp3) is 0.880. The molecule has 0 aliphatic heterocycles. The second-order valence-corrected chi connectivity index (χ2v) is 19.4. The molecule has 0 amide bonds. The molecule has 3 nitrogen and oxygen atoms in total. The van der Waals surface area contributed by atoms with Crippen LogP contribution < -0.4 is 0 Å². The van der Waals surface area contributed by atoms with E-state index in [1.807, 2.05) is 0 Å². The normalized spacial score (nSPS) is 10.8. The van der Waals surface area contributed by atoms with Crippen molar-refractivity contribution in [1.29, 1.82) is 5.26 Å².